The van der Waals surface area contributed by atoms with Crippen LogP contribution in [0.3, 0.4) is 0 Å². The fourth-order valence-corrected chi connectivity index (χ4v) is 2.26. The molecule has 0 atom stereocenters. The van der Waals surface area contributed by atoms with Crippen LogP contribution in [0.5, 0.6) is 5.75 Å². The predicted molar refractivity (Wildman–Crippen MR) is 83.3 cm³/mol. The van der Waals surface area contributed by atoms with Gasteiger partial charge in [-0.15, -0.1) is 0 Å². The molecule has 108 valence electrons. The molecule has 4 nitrogen and oxygen atoms in total. The number of nitrogens with zero attached hydrogens (tertiary/aromatic N) is 2. The third kappa shape index (κ3) is 3.23. The molecule has 2 aromatic heterocycles. The van der Waals surface area contributed by atoms with Crippen LogP contribution >= 0.6 is 0 Å². The first-order valence-electron chi connectivity index (χ1n) is 7.21. The second-order valence-corrected chi connectivity index (χ2v) is 4.88. The van der Waals surface area contributed by atoms with E-state index in [1.165, 1.54) is 5.56 Å². The molecule has 0 radical (unpaired) electrons. The Hall–Kier alpha value is -2.33. The Kier molecular flexibility index (Phi) is 4.17. The van der Waals surface area contributed by atoms with Crippen molar-refractivity contribution in [3.63, 3.8) is 0 Å². The van der Waals surface area contributed by atoms with E-state index in [1.54, 1.807) is 0 Å². The number of pyridine rings is 1. The summed E-state index contributed by atoms with van der Waals surface area (Å²) in [5.41, 5.74) is 3.04. The van der Waals surface area contributed by atoms with Crippen LogP contribution in [0.2, 0.25) is 0 Å². The van der Waals surface area contributed by atoms with Gasteiger partial charge in [-0.3, -0.25) is 0 Å². The number of benzene rings is 1. The maximum Gasteiger partial charge on any atom is 0.137 e. The van der Waals surface area contributed by atoms with E-state index in [1.807, 2.05) is 53.2 Å². The monoisotopic (exact) mass is 281 g/mol. The van der Waals surface area contributed by atoms with E-state index in [0.29, 0.717) is 6.61 Å². The van der Waals surface area contributed by atoms with Crippen LogP contribution in [0.1, 0.15) is 18.2 Å². The van der Waals surface area contributed by atoms with E-state index < -0.39 is 0 Å². The lowest BCUT2D eigenvalue weighted by atomic mass is 10.2. The van der Waals surface area contributed by atoms with Gasteiger partial charge >= 0.3 is 0 Å². The zero-order chi connectivity index (χ0) is 14.5. The summed E-state index contributed by atoms with van der Waals surface area (Å²) in [5, 5.41) is 3.32. The zero-order valence-corrected chi connectivity index (χ0v) is 12.1. The molecular formula is C17H19N3O. The van der Waals surface area contributed by atoms with E-state index in [-0.39, 0.29) is 0 Å². The molecule has 0 fully saturated rings. The van der Waals surface area contributed by atoms with Crippen molar-refractivity contribution in [2.45, 2.75) is 20.1 Å². The molecule has 4 heteroatoms. The molecule has 0 aliphatic heterocycles. The lowest BCUT2D eigenvalue weighted by Gasteiger charge is -2.10. The largest absolute Gasteiger partial charge is 0.487 e. The van der Waals surface area contributed by atoms with E-state index >= 15 is 0 Å². The minimum atomic E-state index is 0.477. The molecule has 0 aliphatic rings. The second kappa shape index (κ2) is 6.41. The van der Waals surface area contributed by atoms with Gasteiger partial charge in [0.15, 0.2) is 0 Å². The SMILES string of the molecule is CCNCc1ccccc1OCc1cn2ccccc2n1. The minimum absolute atomic E-state index is 0.477. The summed E-state index contributed by atoms with van der Waals surface area (Å²) < 4.78 is 7.94. The minimum Gasteiger partial charge on any atom is -0.487 e. The van der Waals surface area contributed by atoms with Gasteiger partial charge in [0.25, 0.3) is 0 Å². The fourth-order valence-electron chi connectivity index (χ4n) is 2.26. The average Bonchev–Trinajstić information content (AvgIpc) is 2.94. The molecule has 3 rings (SSSR count). The summed E-state index contributed by atoms with van der Waals surface area (Å²) in [6.07, 6.45) is 3.99. The van der Waals surface area contributed by atoms with E-state index in [4.69, 9.17) is 4.74 Å². The molecule has 0 saturated carbocycles. The van der Waals surface area contributed by atoms with E-state index in [0.717, 1.165) is 30.2 Å². The Morgan fingerprint density at radius 2 is 2.00 bits per heavy atom. The van der Waals surface area contributed by atoms with Crippen molar-refractivity contribution in [2.24, 2.45) is 0 Å². The number of nitrogens with one attached hydrogen (secondary N) is 1. The Morgan fingerprint density at radius 3 is 2.86 bits per heavy atom. The molecule has 3 aromatic rings. The summed E-state index contributed by atoms with van der Waals surface area (Å²) >= 11 is 0. The van der Waals surface area contributed by atoms with Crippen LogP contribution in [-0.2, 0) is 13.2 Å². The third-order valence-corrected chi connectivity index (χ3v) is 3.33. The first kappa shape index (κ1) is 13.6. The molecule has 0 amide bonds. The Balaban J connectivity index is 1.72. The molecule has 0 spiro atoms. The van der Waals surface area contributed by atoms with Gasteiger partial charge in [-0.25, -0.2) is 4.98 Å². The molecule has 21 heavy (non-hydrogen) atoms. The smallest absolute Gasteiger partial charge is 0.137 e. The number of rotatable bonds is 6. The lowest BCUT2D eigenvalue weighted by molar-refractivity contribution is 0.298. The van der Waals surface area contributed by atoms with Crippen molar-refractivity contribution in [3.8, 4) is 5.75 Å². The van der Waals surface area contributed by atoms with Gasteiger partial charge in [0.05, 0.1) is 5.69 Å². The summed E-state index contributed by atoms with van der Waals surface area (Å²) in [5.74, 6) is 0.913. The van der Waals surface area contributed by atoms with Crippen LogP contribution < -0.4 is 10.1 Å². The molecular weight excluding hydrogens is 262 g/mol. The van der Waals surface area contributed by atoms with Crippen LogP contribution in [0.25, 0.3) is 5.65 Å². The quantitative estimate of drug-likeness (QED) is 0.755. The van der Waals surface area contributed by atoms with Crippen LogP contribution in [0, 0.1) is 0 Å². The third-order valence-electron chi connectivity index (χ3n) is 3.33. The van der Waals surface area contributed by atoms with Crippen molar-refractivity contribution in [1.82, 2.24) is 14.7 Å². The van der Waals surface area contributed by atoms with Crippen molar-refractivity contribution in [3.05, 3.63) is 66.1 Å². The van der Waals surface area contributed by atoms with Crippen molar-refractivity contribution < 1.29 is 4.74 Å². The van der Waals surface area contributed by atoms with Crippen LogP contribution in [0.15, 0.2) is 54.9 Å². The topological polar surface area (TPSA) is 38.6 Å². The summed E-state index contributed by atoms with van der Waals surface area (Å²) in [6.45, 7) is 4.34. The van der Waals surface area contributed by atoms with Gasteiger partial charge in [0.2, 0.25) is 0 Å². The number of hydrogen-bond donors (Lipinski definition) is 1. The standard InChI is InChI=1S/C17H19N3O/c1-2-18-11-14-7-3-4-8-16(14)21-13-15-12-20-10-6-5-9-17(20)19-15/h3-10,12,18H,2,11,13H2,1H3. The Bertz CT molecular complexity index is 688. The zero-order valence-electron chi connectivity index (χ0n) is 12.1. The summed E-state index contributed by atoms with van der Waals surface area (Å²) in [6, 6.07) is 14.1. The number of hydrogen-bond acceptors (Lipinski definition) is 3. The van der Waals surface area contributed by atoms with Gasteiger partial charge in [0, 0.05) is 24.5 Å². The lowest BCUT2D eigenvalue weighted by Crippen LogP contribution is -2.12. The molecule has 1 N–H and O–H groups in total. The Labute approximate surface area is 124 Å². The fraction of sp³-hybridized carbons (Fsp3) is 0.235. The first-order chi connectivity index (χ1) is 10.4. The van der Waals surface area contributed by atoms with Gasteiger partial charge in [-0.1, -0.05) is 31.2 Å². The number of imidazole rings is 1. The summed E-state index contributed by atoms with van der Waals surface area (Å²) in [7, 11) is 0. The van der Waals surface area contributed by atoms with Crippen molar-refractivity contribution in [1.29, 1.82) is 0 Å². The number of aromatic nitrogens is 2. The summed E-state index contributed by atoms with van der Waals surface area (Å²) in [4.78, 5) is 4.54. The van der Waals surface area contributed by atoms with Crippen molar-refractivity contribution in [2.75, 3.05) is 6.54 Å². The highest BCUT2D eigenvalue weighted by molar-refractivity contribution is 5.39. The first-order valence-corrected chi connectivity index (χ1v) is 7.21. The second-order valence-electron chi connectivity index (χ2n) is 4.88. The average molecular weight is 281 g/mol. The van der Waals surface area contributed by atoms with Gasteiger partial charge in [-0.05, 0) is 24.7 Å². The van der Waals surface area contributed by atoms with Crippen LogP contribution in [-0.4, -0.2) is 15.9 Å². The number of fused-ring (bicyclic) bond motifs is 1. The maximum atomic E-state index is 5.93. The highest BCUT2D eigenvalue weighted by Crippen LogP contribution is 2.19. The van der Waals surface area contributed by atoms with Gasteiger partial charge in [-0.2, -0.15) is 0 Å². The molecule has 0 saturated heterocycles. The molecule has 0 unspecified atom stereocenters. The molecule has 0 aliphatic carbocycles. The number of ether oxygens (including phenoxy) is 1. The van der Waals surface area contributed by atoms with Gasteiger partial charge in [0.1, 0.15) is 18.0 Å². The highest BCUT2D eigenvalue weighted by atomic mass is 16.5. The predicted octanol–water partition coefficient (Wildman–Crippen LogP) is 3.02. The van der Waals surface area contributed by atoms with Crippen LogP contribution in [0.4, 0.5) is 0 Å². The Morgan fingerprint density at radius 1 is 1.14 bits per heavy atom. The molecule has 0 bridgehead atoms. The normalized spacial score (nSPS) is 10.9. The maximum absolute atomic E-state index is 5.93. The molecule has 2 heterocycles. The molecule has 1 aromatic carbocycles. The van der Waals surface area contributed by atoms with Crippen molar-refractivity contribution >= 4 is 5.65 Å². The van der Waals surface area contributed by atoms with Gasteiger partial charge < -0.3 is 14.5 Å². The van der Waals surface area contributed by atoms with E-state index in [2.05, 4.69) is 23.3 Å². The van der Waals surface area contributed by atoms with E-state index in [9.17, 15) is 0 Å². The number of para-hydroxylation sites is 1. The highest BCUT2D eigenvalue weighted by Gasteiger charge is 2.05.